The highest BCUT2D eigenvalue weighted by atomic mass is 127. The first kappa shape index (κ1) is 24.1. The van der Waals surface area contributed by atoms with E-state index in [9.17, 15) is 10.1 Å². The molecule has 4 nitrogen and oxygen atoms in total. The van der Waals surface area contributed by atoms with Crippen LogP contribution in [0.5, 0.6) is 5.75 Å². The summed E-state index contributed by atoms with van der Waals surface area (Å²) in [5.74, 6) is 0.221. The van der Waals surface area contributed by atoms with Gasteiger partial charge in [0.15, 0.2) is 0 Å². The summed E-state index contributed by atoms with van der Waals surface area (Å²) < 4.78 is 6.72. The average Bonchev–Trinajstić information content (AvgIpc) is 2.74. The van der Waals surface area contributed by atoms with Crippen molar-refractivity contribution < 1.29 is 9.53 Å². The zero-order valence-corrected chi connectivity index (χ0v) is 21.0. The normalized spacial score (nSPS) is 11.1. The molecule has 1 amide bonds. The zero-order valence-electron chi connectivity index (χ0n) is 17.4. The molecule has 3 rings (SSSR count). The minimum atomic E-state index is -0.452. The number of halogens is 3. The van der Waals surface area contributed by atoms with Crippen LogP contribution in [0.2, 0.25) is 10.0 Å². The molecular weight excluding hydrogens is 558 g/mol. The van der Waals surface area contributed by atoms with Gasteiger partial charge in [-0.1, -0.05) is 53.0 Å². The van der Waals surface area contributed by atoms with Gasteiger partial charge in [0.05, 0.1) is 3.57 Å². The summed E-state index contributed by atoms with van der Waals surface area (Å²) in [5.41, 5.74) is 4.28. The Labute approximate surface area is 210 Å². The maximum atomic E-state index is 12.6. The number of amides is 1. The van der Waals surface area contributed by atoms with Crippen molar-refractivity contribution in [1.29, 1.82) is 5.26 Å². The molecule has 0 fully saturated rings. The third-order valence-corrected chi connectivity index (χ3v) is 6.09. The van der Waals surface area contributed by atoms with Gasteiger partial charge in [0, 0.05) is 21.3 Å². The highest BCUT2D eigenvalue weighted by Crippen LogP contribution is 2.27. The van der Waals surface area contributed by atoms with Crippen LogP contribution in [0.25, 0.3) is 6.08 Å². The lowest BCUT2D eigenvalue weighted by molar-refractivity contribution is -0.112. The minimum absolute atomic E-state index is 0.0161. The minimum Gasteiger partial charge on any atom is -0.488 e. The Morgan fingerprint density at radius 3 is 2.56 bits per heavy atom. The summed E-state index contributed by atoms with van der Waals surface area (Å²) in [7, 11) is 0. The molecule has 3 aromatic carbocycles. The topological polar surface area (TPSA) is 62.1 Å². The SMILES string of the molecule is Cc1ccc(NC(=O)/C(C#N)=C/c2ccc(OCc3ccc(Cl)cc3Cl)c(I)c2)c(C)c1. The quantitative estimate of drug-likeness (QED) is 0.190. The van der Waals surface area contributed by atoms with Gasteiger partial charge in [-0.15, -0.1) is 0 Å². The number of benzene rings is 3. The molecule has 0 spiro atoms. The summed E-state index contributed by atoms with van der Waals surface area (Å²) in [6.45, 7) is 4.19. The van der Waals surface area contributed by atoms with E-state index in [0.717, 1.165) is 25.8 Å². The molecule has 0 saturated heterocycles. The lowest BCUT2D eigenvalue weighted by Gasteiger charge is -2.11. The predicted molar refractivity (Wildman–Crippen MR) is 138 cm³/mol. The molecule has 7 heteroatoms. The van der Waals surface area contributed by atoms with Crippen LogP contribution in [0.3, 0.4) is 0 Å². The number of carbonyl (C=O) groups is 1. The van der Waals surface area contributed by atoms with E-state index >= 15 is 0 Å². The molecule has 0 aromatic heterocycles. The molecule has 0 saturated carbocycles. The molecule has 3 aromatic rings. The number of hydrogen-bond acceptors (Lipinski definition) is 3. The first-order valence-corrected chi connectivity index (χ1v) is 11.5. The molecule has 1 N–H and O–H groups in total. The molecule has 0 unspecified atom stereocenters. The van der Waals surface area contributed by atoms with E-state index in [0.29, 0.717) is 28.1 Å². The number of aryl methyl sites for hydroxylation is 2. The van der Waals surface area contributed by atoms with E-state index in [1.54, 1.807) is 30.3 Å². The van der Waals surface area contributed by atoms with Crippen molar-refractivity contribution in [1.82, 2.24) is 0 Å². The molecule has 0 atom stereocenters. The number of nitrogens with zero attached hydrogens (tertiary/aromatic N) is 1. The van der Waals surface area contributed by atoms with Gasteiger partial charge in [0.25, 0.3) is 5.91 Å². The molecule has 0 radical (unpaired) electrons. The molecule has 162 valence electrons. The van der Waals surface area contributed by atoms with Crippen LogP contribution in [0, 0.1) is 28.7 Å². The number of carbonyl (C=O) groups excluding carboxylic acids is 1. The van der Waals surface area contributed by atoms with Crippen molar-refractivity contribution in [3.8, 4) is 11.8 Å². The molecular formula is C25H19Cl2IN2O2. The molecule has 0 aliphatic carbocycles. The van der Waals surface area contributed by atoms with Crippen LogP contribution in [-0.2, 0) is 11.4 Å². The number of nitriles is 1. The van der Waals surface area contributed by atoms with Crippen LogP contribution < -0.4 is 10.1 Å². The third kappa shape index (κ3) is 6.26. The summed E-state index contributed by atoms with van der Waals surface area (Å²) in [4.78, 5) is 12.6. The maximum Gasteiger partial charge on any atom is 0.266 e. The third-order valence-electron chi connectivity index (χ3n) is 4.66. The van der Waals surface area contributed by atoms with E-state index in [2.05, 4.69) is 27.9 Å². The van der Waals surface area contributed by atoms with E-state index in [4.69, 9.17) is 27.9 Å². The number of ether oxygens (including phenoxy) is 1. The van der Waals surface area contributed by atoms with Crippen molar-refractivity contribution in [2.45, 2.75) is 20.5 Å². The Balaban J connectivity index is 1.73. The van der Waals surface area contributed by atoms with Crippen LogP contribution in [0.4, 0.5) is 5.69 Å². The largest absolute Gasteiger partial charge is 0.488 e. The lowest BCUT2D eigenvalue weighted by atomic mass is 10.1. The van der Waals surface area contributed by atoms with Gasteiger partial charge in [-0.25, -0.2) is 0 Å². The van der Waals surface area contributed by atoms with Crippen molar-refractivity contribution >= 4 is 63.5 Å². The number of rotatable bonds is 6. The van der Waals surface area contributed by atoms with Crippen molar-refractivity contribution in [3.63, 3.8) is 0 Å². The van der Waals surface area contributed by atoms with E-state index in [1.807, 2.05) is 50.2 Å². The second-order valence-corrected chi connectivity index (χ2v) is 9.16. The Morgan fingerprint density at radius 1 is 1.12 bits per heavy atom. The van der Waals surface area contributed by atoms with Gasteiger partial charge in [-0.3, -0.25) is 4.79 Å². The molecule has 0 aliphatic rings. The Hall–Kier alpha value is -2.53. The van der Waals surface area contributed by atoms with E-state index in [1.165, 1.54) is 0 Å². The number of nitrogens with one attached hydrogen (secondary N) is 1. The Morgan fingerprint density at radius 2 is 1.91 bits per heavy atom. The predicted octanol–water partition coefficient (Wildman–Crippen LogP) is 7.34. The standard InChI is InChI=1S/C25H19Cl2IN2O2/c1-15-3-7-23(16(2)9-15)30-25(31)19(13-29)10-17-4-8-24(22(28)11-17)32-14-18-5-6-20(26)12-21(18)27/h3-12H,14H2,1-2H3,(H,30,31)/b19-10+. The number of hydrogen-bond donors (Lipinski definition) is 1. The van der Waals surface area contributed by atoms with Gasteiger partial charge < -0.3 is 10.1 Å². The Kier molecular flexibility index (Phi) is 8.19. The van der Waals surface area contributed by atoms with Gasteiger partial charge in [0.1, 0.15) is 24.0 Å². The molecule has 0 aliphatic heterocycles. The second-order valence-electron chi connectivity index (χ2n) is 7.16. The van der Waals surface area contributed by atoms with Gasteiger partial charge in [0.2, 0.25) is 0 Å². The van der Waals surface area contributed by atoms with Crippen molar-refractivity contribution in [2.24, 2.45) is 0 Å². The van der Waals surface area contributed by atoms with Crippen LogP contribution in [0.15, 0.2) is 60.2 Å². The zero-order chi connectivity index (χ0) is 23.3. The average molecular weight is 577 g/mol. The summed E-state index contributed by atoms with van der Waals surface area (Å²) >= 11 is 14.3. The van der Waals surface area contributed by atoms with Gasteiger partial charge in [-0.05, 0) is 84.0 Å². The smallest absolute Gasteiger partial charge is 0.266 e. The highest BCUT2D eigenvalue weighted by Gasteiger charge is 2.12. The Bertz CT molecular complexity index is 1250. The molecule has 0 bridgehead atoms. The van der Waals surface area contributed by atoms with Crippen molar-refractivity contribution in [3.05, 3.63) is 96.0 Å². The summed E-state index contributed by atoms with van der Waals surface area (Å²) in [5, 5.41) is 13.4. The fourth-order valence-corrected chi connectivity index (χ4v) is 4.14. The van der Waals surface area contributed by atoms with Crippen LogP contribution in [0.1, 0.15) is 22.3 Å². The van der Waals surface area contributed by atoms with Crippen LogP contribution >= 0.6 is 45.8 Å². The fraction of sp³-hybridized carbons (Fsp3) is 0.120. The lowest BCUT2D eigenvalue weighted by Crippen LogP contribution is -2.14. The first-order chi connectivity index (χ1) is 15.3. The van der Waals surface area contributed by atoms with E-state index in [-0.39, 0.29) is 5.57 Å². The molecule has 0 heterocycles. The summed E-state index contributed by atoms with van der Waals surface area (Å²) in [6, 6.07) is 18.4. The van der Waals surface area contributed by atoms with Crippen molar-refractivity contribution in [2.75, 3.05) is 5.32 Å². The van der Waals surface area contributed by atoms with Gasteiger partial charge >= 0.3 is 0 Å². The van der Waals surface area contributed by atoms with E-state index < -0.39 is 5.91 Å². The fourth-order valence-electron chi connectivity index (χ4n) is 2.98. The first-order valence-electron chi connectivity index (χ1n) is 9.63. The monoisotopic (exact) mass is 576 g/mol. The van der Waals surface area contributed by atoms with Crippen LogP contribution in [-0.4, -0.2) is 5.91 Å². The highest BCUT2D eigenvalue weighted by molar-refractivity contribution is 14.1. The number of anilines is 1. The molecule has 32 heavy (non-hydrogen) atoms. The summed E-state index contributed by atoms with van der Waals surface area (Å²) in [6.07, 6.45) is 1.56. The maximum absolute atomic E-state index is 12.6. The second kappa shape index (κ2) is 10.9. The van der Waals surface area contributed by atoms with Gasteiger partial charge in [-0.2, -0.15) is 5.26 Å².